The summed E-state index contributed by atoms with van der Waals surface area (Å²) in [6, 6.07) is 6.21. The average Bonchev–Trinajstić information content (AvgIpc) is 2.34. The summed E-state index contributed by atoms with van der Waals surface area (Å²) in [5.74, 6) is 0.661. The van der Waals surface area contributed by atoms with Crippen LogP contribution in [-0.2, 0) is 5.75 Å². The molecule has 0 saturated carbocycles. The minimum atomic E-state index is -0.426. The number of thiocarbonyl (C=S) groups is 1. The molecule has 0 aliphatic carbocycles. The van der Waals surface area contributed by atoms with E-state index in [0.717, 1.165) is 15.3 Å². The van der Waals surface area contributed by atoms with Gasteiger partial charge in [0.1, 0.15) is 15.7 Å². The van der Waals surface area contributed by atoms with Crippen molar-refractivity contribution < 1.29 is 9.52 Å². The lowest BCUT2D eigenvalue weighted by molar-refractivity contribution is 0.473. The van der Waals surface area contributed by atoms with Crippen LogP contribution in [0.4, 0.5) is 0 Å². The molecule has 0 atom stereocenters. The van der Waals surface area contributed by atoms with Gasteiger partial charge in [0.2, 0.25) is 0 Å². The number of benzene rings is 1. The van der Waals surface area contributed by atoms with E-state index in [4.69, 9.17) is 16.6 Å². The molecule has 1 heterocycles. The number of phenols is 1. The van der Waals surface area contributed by atoms with Crippen molar-refractivity contribution in [2.75, 3.05) is 14.1 Å². The van der Waals surface area contributed by atoms with E-state index in [1.54, 1.807) is 12.1 Å². The number of phenolic OH excluding ortho intramolecular Hbond substituents is 1. The molecule has 0 radical (unpaired) electrons. The summed E-state index contributed by atoms with van der Waals surface area (Å²) >= 11 is 6.68. The van der Waals surface area contributed by atoms with Crippen LogP contribution in [0.15, 0.2) is 33.5 Å². The van der Waals surface area contributed by atoms with E-state index in [0.29, 0.717) is 11.3 Å². The summed E-state index contributed by atoms with van der Waals surface area (Å²) in [5.41, 5.74) is 0.809. The maximum absolute atomic E-state index is 11.5. The van der Waals surface area contributed by atoms with Crippen molar-refractivity contribution in [3.63, 3.8) is 0 Å². The number of fused-ring (bicyclic) bond motifs is 1. The minimum Gasteiger partial charge on any atom is -0.508 e. The van der Waals surface area contributed by atoms with E-state index >= 15 is 0 Å². The van der Waals surface area contributed by atoms with Crippen LogP contribution >= 0.6 is 24.0 Å². The first kappa shape index (κ1) is 13.9. The Kier molecular flexibility index (Phi) is 4.11. The van der Waals surface area contributed by atoms with Gasteiger partial charge in [-0.05, 0) is 17.7 Å². The third-order valence-electron chi connectivity index (χ3n) is 2.53. The highest BCUT2D eigenvalue weighted by Gasteiger charge is 2.08. The fourth-order valence-electron chi connectivity index (χ4n) is 1.61. The van der Waals surface area contributed by atoms with Crippen molar-refractivity contribution in [2.45, 2.75) is 5.75 Å². The standard InChI is InChI=1S/C13H13NO3S2/c1-14(2)13(18)19-7-8-5-12(16)17-11-6-9(15)3-4-10(8)11/h3-6,15H,7H2,1-2H3. The molecule has 0 aliphatic heterocycles. The molecule has 19 heavy (non-hydrogen) atoms. The molecule has 2 rings (SSSR count). The second-order valence-corrected chi connectivity index (χ2v) is 5.83. The molecule has 0 saturated heterocycles. The largest absolute Gasteiger partial charge is 0.508 e. The number of hydrogen-bond acceptors (Lipinski definition) is 5. The Morgan fingerprint density at radius 3 is 2.84 bits per heavy atom. The molecule has 1 aromatic carbocycles. The van der Waals surface area contributed by atoms with Gasteiger partial charge in [-0.1, -0.05) is 24.0 Å². The number of rotatable bonds is 2. The zero-order valence-corrected chi connectivity index (χ0v) is 12.2. The van der Waals surface area contributed by atoms with Crippen LogP contribution < -0.4 is 5.63 Å². The molecule has 2 aromatic rings. The summed E-state index contributed by atoms with van der Waals surface area (Å²) in [6.45, 7) is 0. The number of aromatic hydroxyl groups is 1. The van der Waals surface area contributed by atoms with Crippen molar-refractivity contribution in [3.8, 4) is 5.75 Å². The number of hydrogen-bond donors (Lipinski definition) is 1. The molecular weight excluding hydrogens is 282 g/mol. The molecule has 0 fully saturated rings. The average molecular weight is 295 g/mol. The molecule has 100 valence electrons. The van der Waals surface area contributed by atoms with E-state index < -0.39 is 5.63 Å². The van der Waals surface area contributed by atoms with E-state index in [9.17, 15) is 9.90 Å². The SMILES string of the molecule is CN(C)C(=S)SCc1cc(=O)oc2cc(O)ccc12. The van der Waals surface area contributed by atoms with Gasteiger partial charge in [-0.15, -0.1) is 0 Å². The predicted octanol–water partition coefficient (Wildman–Crippen LogP) is 2.58. The van der Waals surface area contributed by atoms with Gasteiger partial charge < -0.3 is 14.4 Å². The maximum Gasteiger partial charge on any atom is 0.336 e. The van der Waals surface area contributed by atoms with E-state index in [2.05, 4.69) is 0 Å². The van der Waals surface area contributed by atoms with Crippen molar-refractivity contribution >= 4 is 39.3 Å². The van der Waals surface area contributed by atoms with Gasteiger partial charge in [0.05, 0.1) is 0 Å². The predicted molar refractivity (Wildman–Crippen MR) is 81.7 cm³/mol. The smallest absolute Gasteiger partial charge is 0.336 e. The van der Waals surface area contributed by atoms with E-state index in [-0.39, 0.29) is 5.75 Å². The fraction of sp³-hybridized carbons (Fsp3) is 0.231. The Labute approximate surface area is 120 Å². The van der Waals surface area contributed by atoms with Crippen molar-refractivity contribution in [2.24, 2.45) is 0 Å². The van der Waals surface area contributed by atoms with Gasteiger partial charge in [0.15, 0.2) is 0 Å². The third-order valence-corrected chi connectivity index (χ3v) is 4.32. The maximum atomic E-state index is 11.5. The molecule has 6 heteroatoms. The van der Waals surface area contributed by atoms with Gasteiger partial charge >= 0.3 is 5.63 Å². The third kappa shape index (κ3) is 3.27. The molecule has 0 aliphatic rings. The molecule has 0 spiro atoms. The highest BCUT2D eigenvalue weighted by molar-refractivity contribution is 8.22. The summed E-state index contributed by atoms with van der Waals surface area (Å²) in [6.07, 6.45) is 0. The van der Waals surface area contributed by atoms with Crippen LogP contribution in [0, 0.1) is 0 Å². The monoisotopic (exact) mass is 295 g/mol. The van der Waals surface area contributed by atoms with Crippen LogP contribution in [0.1, 0.15) is 5.56 Å². The van der Waals surface area contributed by atoms with Crippen LogP contribution in [-0.4, -0.2) is 28.4 Å². The van der Waals surface area contributed by atoms with Gasteiger partial charge in [-0.2, -0.15) is 0 Å². The van der Waals surface area contributed by atoms with Crippen LogP contribution in [0.3, 0.4) is 0 Å². The quantitative estimate of drug-likeness (QED) is 0.679. The normalized spacial score (nSPS) is 10.6. The van der Waals surface area contributed by atoms with E-state index in [1.807, 2.05) is 19.0 Å². The highest BCUT2D eigenvalue weighted by atomic mass is 32.2. The minimum absolute atomic E-state index is 0.0734. The Morgan fingerprint density at radius 1 is 1.42 bits per heavy atom. The summed E-state index contributed by atoms with van der Waals surface area (Å²) < 4.78 is 5.82. The zero-order valence-electron chi connectivity index (χ0n) is 10.5. The Morgan fingerprint density at radius 2 is 2.16 bits per heavy atom. The topological polar surface area (TPSA) is 53.7 Å². The van der Waals surface area contributed by atoms with Gasteiger partial charge in [0.25, 0.3) is 0 Å². The molecule has 1 aromatic heterocycles. The molecular formula is C13H13NO3S2. The van der Waals surface area contributed by atoms with Crippen molar-refractivity contribution in [1.29, 1.82) is 0 Å². The molecule has 0 bridgehead atoms. The summed E-state index contributed by atoms with van der Waals surface area (Å²) in [7, 11) is 3.76. The Bertz CT molecular complexity index is 679. The first-order valence-electron chi connectivity index (χ1n) is 5.57. The van der Waals surface area contributed by atoms with Gasteiger partial charge in [-0.25, -0.2) is 4.79 Å². The lowest BCUT2D eigenvalue weighted by Crippen LogP contribution is -2.16. The zero-order chi connectivity index (χ0) is 14.0. The molecule has 4 nitrogen and oxygen atoms in total. The van der Waals surface area contributed by atoms with Crippen LogP contribution in [0.5, 0.6) is 5.75 Å². The van der Waals surface area contributed by atoms with Crippen LogP contribution in [0.25, 0.3) is 11.0 Å². The van der Waals surface area contributed by atoms with Gasteiger partial charge in [-0.3, -0.25) is 0 Å². The first-order valence-corrected chi connectivity index (χ1v) is 6.96. The first-order chi connectivity index (χ1) is 8.97. The number of nitrogens with zero attached hydrogens (tertiary/aromatic N) is 1. The second kappa shape index (κ2) is 5.63. The van der Waals surface area contributed by atoms with Crippen LogP contribution in [0.2, 0.25) is 0 Å². The second-order valence-electron chi connectivity index (χ2n) is 4.22. The van der Waals surface area contributed by atoms with Crippen molar-refractivity contribution in [1.82, 2.24) is 4.90 Å². The van der Waals surface area contributed by atoms with Gasteiger partial charge in [0, 0.05) is 37.4 Å². The fourth-order valence-corrected chi connectivity index (χ4v) is 2.56. The Hall–Kier alpha value is -1.53. The lowest BCUT2D eigenvalue weighted by atomic mass is 10.1. The van der Waals surface area contributed by atoms with E-state index in [1.165, 1.54) is 23.9 Å². The summed E-state index contributed by atoms with van der Waals surface area (Å²) in [5, 5.41) is 10.2. The highest BCUT2D eigenvalue weighted by Crippen LogP contribution is 2.25. The Balaban J connectivity index is 2.37. The molecule has 1 N–H and O–H groups in total. The van der Waals surface area contributed by atoms with Crippen molar-refractivity contribution in [3.05, 3.63) is 40.2 Å². The molecule has 0 unspecified atom stereocenters. The molecule has 0 amide bonds. The lowest BCUT2D eigenvalue weighted by Gasteiger charge is -2.13. The number of thioether (sulfide) groups is 1. The summed E-state index contributed by atoms with van der Waals surface area (Å²) in [4.78, 5) is 13.3.